The molecule has 5 nitrogen and oxygen atoms in total. The fourth-order valence-corrected chi connectivity index (χ4v) is 2.34. The lowest BCUT2D eigenvalue weighted by molar-refractivity contribution is -0.140. The molecule has 1 heterocycles. The van der Waals surface area contributed by atoms with Crippen molar-refractivity contribution in [2.24, 2.45) is 5.92 Å². The molecule has 0 saturated carbocycles. The average molecular weight is 319 g/mol. The Balaban J connectivity index is 1.91. The van der Waals surface area contributed by atoms with Gasteiger partial charge in [0.2, 0.25) is 0 Å². The molecule has 0 aliphatic carbocycles. The lowest BCUT2D eigenvalue weighted by atomic mass is 10.0. The number of hydrogen-bond acceptors (Lipinski definition) is 3. The van der Waals surface area contributed by atoms with Crippen molar-refractivity contribution in [3.8, 4) is 0 Å². The molecule has 1 unspecified atom stereocenters. The summed E-state index contributed by atoms with van der Waals surface area (Å²) in [4.78, 5) is 11.2. The molecule has 0 aliphatic heterocycles. The highest BCUT2D eigenvalue weighted by atomic mass is 19.1. The first-order valence-corrected chi connectivity index (χ1v) is 7.66. The van der Waals surface area contributed by atoms with Gasteiger partial charge in [-0.1, -0.05) is 26.0 Å². The maximum atomic E-state index is 12.9. The van der Waals surface area contributed by atoms with Crippen LogP contribution in [0.15, 0.2) is 36.7 Å². The number of carbonyl (C=O) groups is 1. The van der Waals surface area contributed by atoms with E-state index in [0.717, 1.165) is 11.1 Å². The van der Waals surface area contributed by atoms with Crippen molar-refractivity contribution in [1.82, 2.24) is 15.1 Å². The molecule has 0 amide bonds. The summed E-state index contributed by atoms with van der Waals surface area (Å²) in [6, 6.07) is 5.72. The number of benzene rings is 1. The molecule has 1 aromatic heterocycles. The Kier molecular flexibility index (Phi) is 5.87. The maximum Gasteiger partial charge on any atom is 0.320 e. The predicted octanol–water partition coefficient (Wildman–Crippen LogP) is 2.66. The molecular formula is C17H22FN3O2. The number of nitrogens with zero attached hydrogens (tertiary/aromatic N) is 2. The summed E-state index contributed by atoms with van der Waals surface area (Å²) in [5.74, 6) is -0.786. The first-order valence-electron chi connectivity index (χ1n) is 7.66. The summed E-state index contributed by atoms with van der Waals surface area (Å²) in [5, 5.41) is 16.5. The van der Waals surface area contributed by atoms with Crippen LogP contribution in [0.4, 0.5) is 4.39 Å². The third-order valence-electron chi connectivity index (χ3n) is 3.50. The van der Waals surface area contributed by atoms with E-state index in [2.05, 4.69) is 10.4 Å². The van der Waals surface area contributed by atoms with Crippen LogP contribution < -0.4 is 5.32 Å². The summed E-state index contributed by atoms with van der Waals surface area (Å²) in [7, 11) is 0. The molecule has 0 fully saturated rings. The second kappa shape index (κ2) is 7.87. The largest absolute Gasteiger partial charge is 0.480 e. The van der Waals surface area contributed by atoms with Gasteiger partial charge in [0.1, 0.15) is 11.9 Å². The van der Waals surface area contributed by atoms with Gasteiger partial charge < -0.3 is 10.4 Å². The van der Waals surface area contributed by atoms with Gasteiger partial charge in [0, 0.05) is 18.3 Å². The number of carboxylic acids is 1. The molecule has 1 atom stereocenters. The van der Waals surface area contributed by atoms with E-state index in [0.29, 0.717) is 25.4 Å². The lowest BCUT2D eigenvalue weighted by Crippen LogP contribution is -2.37. The van der Waals surface area contributed by atoms with Gasteiger partial charge in [0.15, 0.2) is 0 Å². The van der Waals surface area contributed by atoms with E-state index < -0.39 is 12.0 Å². The number of halogens is 1. The van der Waals surface area contributed by atoms with Gasteiger partial charge in [-0.05, 0) is 30.0 Å². The molecule has 0 bridgehead atoms. The molecule has 0 aliphatic rings. The van der Waals surface area contributed by atoms with Crippen molar-refractivity contribution >= 4 is 5.97 Å². The Morgan fingerprint density at radius 2 is 2.00 bits per heavy atom. The van der Waals surface area contributed by atoms with Crippen LogP contribution in [-0.4, -0.2) is 26.9 Å². The fraction of sp³-hybridized carbons (Fsp3) is 0.412. The zero-order valence-electron chi connectivity index (χ0n) is 13.4. The summed E-state index contributed by atoms with van der Waals surface area (Å²) in [6.07, 6.45) is 4.16. The van der Waals surface area contributed by atoms with E-state index in [4.69, 9.17) is 0 Å². The Morgan fingerprint density at radius 1 is 1.30 bits per heavy atom. The summed E-state index contributed by atoms with van der Waals surface area (Å²) < 4.78 is 14.6. The highest BCUT2D eigenvalue weighted by Gasteiger charge is 2.18. The van der Waals surface area contributed by atoms with Gasteiger partial charge in [-0.2, -0.15) is 5.10 Å². The Labute approximate surface area is 135 Å². The number of carboxylic acid groups (broad SMARTS) is 1. The zero-order valence-corrected chi connectivity index (χ0v) is 13.4. The van der Waals surface area contributed by atoms with Crippen molar-refractivity contribution in [3.63, 3.8) is 0 Å². The number of aliphatic carboxylic acids is 1. The Morgan fingerprint density at radius 3 is 2.61 bits per heavy atom. The fourth-order valence-electron chi connectivity index (χ4n) is 2.34. The molecular weight excluding hydrogens is 297 g/mol. The van der Waals surface area contributed by atoms with E-state index >= 15 is 0 Å². The highest BCUT2D eigenvalue weighted by Crippen LogP contribution is 2.08. The summed E-state index contributed by atoms with van der Waals surface area (Å²) in [5.41, 5.74) is 1.87. The van der Waals surface area contributed by atoms with E-state index in [1.165, 1.54) is 12.1 Å². The molecule has 0 radical (unpaired) electrons. The standard InChI is InChI=1S/C17H22FN3O2/c1-12(2)7-16(17(22)23)19-8-14-9-20-21(11-14)10-13-3-5-15(18)6-4-13/h3-6,9,11-12,16,19H,7-8,10H2,1-2H3,(H,22,23). The number of rotatable bonds is 8. The molecule has 2 rings (SSSR count). The molecule has 124 valence electrons. The van der Waals surface area contributed by atoms with Crippen molar-refractivity contribution in [1.29, 1.82) is 0 Å². The summed E-state index contributed by atoms with van der Waals surface area (Å²) >= 11 is 0. The van der Waals surface area contributed by atoms with Crippen LogP contribution in [0, 0.1) is 11.7 Å². The average Bonchev–Trinajstić information content (AvgIpc) is 2.93. The minimum absolute atomic E-state index is 0.260. The minimum Gasteiger partial charge on any atom is -0.480 e. The van der Waals surface area contributed by atoms with Crippen LogP contribution in [0.3, 0.4) is 0 Å². The second-order valence-electron chi connectivity index (χ2n) is 6.07. The van der Waals surface area contributed by atoms with Crippen molar-refractivity contribution < 1.29 is 14.3 Å². The third-order valence-corrected chi connectivity index (χ3v) is 3.50. The molecule has 2 aromatic rings. The predicted molar refractivity (Wildman–Crippen MR) is 85.4 cm³/mol. The van der Waals surface area contributed by atoms with Gasteiger partial charge in [0.25, 0.3) is 0 Å². The minimum atomic E-state index is -0.836. The number of aromatic nitrogens is 2. The zero-order chi connectivity index (χ0) is 16.8. The van der Waals surface area contributed by atoms with Crippen molar-refractivity contribution in [2.45, 2.75) is 39.4 Å². The number of nitrogens with one attached hydrogen (secondary N) is 1. The monoisotopic (exact) mass is 319 g/mol. The van der Waals surface area contributed by atoms with Gasteiger partial charge in [-0.3, -0.25) is 9.48 Å². The van der Waals surface area contributed by atoms with Crippen LogP contribution in [-0.2, 0) is 17.9 Å². The van der Waals surface area contributed by atoms with Crippen LogP contribution in [0.25, 0.3) is 0 Å². The van der Waals surface area contributed by atoms with E-state index in [1.54, 1.807) is 23.0 Å². The van der Waals surface area contributed by atoms with E-state index in [-0.39, 0.29) is 5.82 Å². The molecule has 6 heteroatoms. The topological polar surface area (TPSA) is 67.2 Å². The first-order chi connectivity index (χ1) is 10.9. The number of hydrogen-bond donors (Lipinski definition) is 2. The van der Waals surface area contributed by atoms with Crippen LogP contribution in [0.2, 0.25) is 0 Å². The van der Waals surface area contributed by atoms with Gasteiger partial charge in [-0.25, -0.2) is 4.39 Å². The van der Waals surface area contributed by atoms with Crippen LogP contribution in [0.5, 0.6) is 0 Å². The molecule has 0 saturated heterocycles. The second-order valence-corrected chi connectivity index (χ2v) is 6.07. The van der Waals surface area contributed by atoms with E-state index in [9.17, 15) is 14.3 Å². The smallest absolute Gasteiger partial charge is 0.320 e. The normalized spacial score (nSPS) is 12.5. The lowest BCUT2D eigenvalue weighted by Gasteiger charge is -2.15. The van der Waals surface area contributed by atoms with Crippen LogP contribution >= 0.6 is 0 Å². The van der Waals surface area contributed by atoms with E-state index in [1.807, 2.05) is 20.0 Å². The van der Waals surface area contributed by atoms with Gasteiger partial charge in [-0.15, -0.1) is 0 Å². The molecule has 23 heavy (non-hydrogen) atoms. The SMILES string of the molecule is CC(C)CC(NCc1cnn(Cc2ccc(F)cc2)c1)C(=O)O. The summed E-state index contributed by atoms with van der Waals surface area (Å²) in [6.45, 7) is 5.00. The Bertz CT molecular complexity index is 638. The van der Waals surface area contributed by atoms with Gasteiger partial charge >= 0.3 is 5.97 Å². The van der Waals surface area contributed by atoms with Crippen LogP contribution in [0.1, 0.15) is 31.4 Å². The van der Waals surface area contributed by atoms with Crippen molar-refractivity contribution in [2.75, 3.05) is 0 Å². The molecule has 0 spiro atoms. The first kappa shape index (κ1) is 17.1. The third kappa shape index (κ3) is 5.49. The van der Waals surface area contributed by atoms with Gasteiger partial charge in [0.05, 0.1) is 12.7 Å². The highest BCUT2D eigenvalue weighted by molar-refractivity contribution is 5.73. The maximum absolute atomic E-state index is 12.9. The van der Waals surface area contributed by atoms with Crippen molar-refractivity contribution in [3.05, 3.63) is 53.6 Å². The molecule has 1 aromatic carbocycles. The quantitative estimate of drug-likeness (QED) is 0.785. The molecule has 2 N–H and O–H groups in total. The Hall–Kier alpha value is -2.21.